The minimum Gasteiger partial charge on any atom is -0.504 e. The molecule has 3 rings (SSSR count). The second-order valence-electron chi connectivity index (χ2n) is 5.69. The van der Waals surface area contributed by atoms with E-state index in [4.69, 9.17) is 4.74 Å². The summed E-state index contributed by atoms with van der Waals surface area (Å²) in [4.78, 5) is 28.2. The van der Waals surface area contributed by atoms with Crippen molar-refractivity contribution in [2.75, 3.05) is 7.11 Å². The van der Waals surface area contributed by atoms with Gasteiger partial charge in [0.05, 0.1) is 18.2 Å². The van der Waals surface area contributed by atoms with Gasteiger partial charge in [0.2, 0.25) is 5.78 Å². The summed E-state index contributed by atoms with van der Waals surface area (Å²) in [7, 11) is 1.47. The number of benzene rings is 2. The number of carbonyl (C=O) groups excluding carboxylic acids is 1. The molecular formula is C20H15NO6. The molecule has 2 aromatic carbocycles. The average Bonchev–Trinajstić information content (AvgIpc) is 2.67. The van der Waals surface area contributed by atoms with E-state index in [-0.39, 0.29) is 22.8 Å². The maximum absolute atomic E-state index is 12.4. The molecule has 1 aromatic heterocycles. The summed E-state index contributed by atoms with van der Waals surface area (Å²) in [5.74, 6) is -1.77. The first-order chi connectivity index (χ1) is 12.9. The topological polar surface area (TPSA) is 117 Å². The molecule has 0 radical (unpaired) electrons. The van der Waals surface area contributed by atoms with Gasteiger partial charge in [0.15, 0.2) is 11.5 Å². The molecule has 0 aliphatic carbocycles. The number of ketones is 1. The lowest BCUT2D eigenvalue weighted by Crippen LogP contribution is -2.05. The van der Waals surface area contributed by atoms with Crippen LogP contribution in [0.1, 0.15) is 26.4 Å². The van der Waals surface area contributed by atoms with Gasteiger partial charge in [-0.25, -0.2) is 9.78 Å². The van der Waals surface area contributed by atoms with E-state index in [0.29, 0.717) is 22.2 Å². The third-order valence-corrected chi connectivity index (χ3v) is 3.93. The molecule has 136 valence electrons. The number of phenols is 2. The van der Waals surface area contributed by atoms with Crippen LogP contribution in [0.3, 0.4) is 0 Å². The van der Waals surface area contributed by atoms with Gasteiger partial charge in [-0.15, -0.1) is 0 Å². The van der Waals surface area contributed by atoms with E-state index in [1.807, 2.05) is 0 Å². The number of methoxy groups -OCH3 is 1. The Morgan fingerprint density at radius 1 is 1.04 bits per heavy atom. The number of hydrogen-bond donors (Lipinski definition) is 3. The molecule has 27 heavy (non-hydrogen) atoms. The van der Waals surface area contributed by atoms with Crippen molar-refractivity contribution < 1.29 is 29.6 Å². The molecule has 0 aliphatic heterocycles. The third kappa shape index (κ3) is 3.72. The highest BCUT2D eigenvalue weighted by molar-refractivity contribution is 6.10. The number of rotatable bonds is 5. The van der Waals surface area contributed by atoms with E-state index in [1.54, 1.807) is 18.2 Å². The lowest BCUT2D eigenvalue weighted by atomic mass is 10.1. The normalized spacial score (nSPS) is 11.0. The molecule has 7 heteroatoms. The number of carboxylic acid groups (broad SMARTS) is 1. The van der Waals surface area contributed by atoms with Gasteiger partial charge < -0.3 is 20.1 Å². The number of carbonyl (C=O) groups is 2. The maximum atomic E-state index is 12.4. The molecule has 3 aromatic rings. The Labute approximate surface area is 153 Å². The standard InChI is InChI=1S/C20H15NO6/c1-27-12-4-5-15-13(9-12)14(20(25)26)10-16(21-15)17(22)6-2-11-3-7-18(23)19(24)8-11/h2-10,23-24H,1H3,(H,25,26). The predicted molar refractivity (Wildman–Crippen MR) is 98.4 cm³/mol. The summed E-state index contributed by atoms with van der Waals surface area (Å²) in [6, 6.07) is 10.1. The number of allylic oxidation sites excluding steroid dienone is 1. The summed E-state index contributed by atoms with van der Waals surface area (Å²) in [6.45, 7) is 0. The number of carboxylic acids is 1. The van der Waals surface area contributed by atoms with Crippen LogP contribution in [0, 0.1) is 0 Å². The fourth-order valence-electron chi connectivity index (χ4n) is 2.54. The molecule has 0 amide bonds. The van der Waals surface area contributed by atoms with Crippen molar-refractivity contribution in [1.29, 1.82) is 0 Å². The minimum atomic E-state index is -1.18. The summed E-state index contributed by atoms with van der Waals surface area (Å²) in [5, 5.41) is 28.6. The molecule has 0 aliphatic rings. The Hall–Kier alpha value is -3.87. The van der Waals surface area contributed by atoms with Crippen LogP contribution in [0.2, 0.25) is 0 Å². The number of ether oxygens (including phenoxy) is 1. The molecule has 0 fully saturated rings. The second-order valence-corrected chi connectivity index (χ2v) is 5.69. The van der Waals surface area contributed by atoms with Gasteiger partial charge >= 0.3 is 5.97 Å². The van der Waals surface area contributed by atoms with Gasteiger partial charge in [-0.2, -0.15) is 0 Å². The average molecular weight is 365 g/mol. The molecule has 0 unspecified atom stereocenters. The number of phenolic OH excluding ortho intramolecular Hbond substituents is 2. The van der Waals surface area contributed by atoms with Crippen molar-refractivity contribution in [3.8, 4) is 17.2 Å². The van der Waals surface area contributed by atoms with Gasteiger partial charge in [-0.1, -0.05) is 12.1 Å². The second kappa shape index (κ2) is 7.17. The van der Waals surface area contributed by atoms with Crippen molar-refractivity contribution in [2.24, 2.45) is 0 Å². The van der Waals surface area contributed by atoms with Crippen molar-refractivity contribution in [3.05, 3.63) is 65.4 Å². The number of nitrogens with zero attached hydrogens (tertiary/aromatic N) is 1. The van der Waals surface area contributed by atoms with Crippen molar-refractivity contribution in [1.82, 2.24) is 4.98 Å². The molecule has 0 bridgehead atoms. The van der Waals surface area contributed by atoms with Gasteiger partial charge in [-0.3, -0.25) is 4.79 Å². The molecule has 7 nitrogen and oxygen atoms in total. The van der Waals surface area contributed by atoms with Crippen molar-refractivity contribution >= 4 is 28.7 Å². The van der Waals surface area contributed by atoms with E-state index >= 15 is 0 Å². The van der Waals surface area contributed by atoms with Crippen LogP contribution >= 0.6 is 0 Å². The van der Waals surface area contributed by atoms with Crippen LogP contribution in [-0.4, -0.2) is 39.2 Å². The van der Waals surface area contributed by atoms with Crippen LogP contribution in [0.4, 0.5) is 0 Å². The molecule has 1 heterocycles. The van der Waals surface area contributed by atoms with E-state index in [2.05, 4.69) is 4.98 Å². The van der Waals surface area contributed by atoms with Crippen LogP contribution in [0.5, 0.6) is 17.2 Å². The van der Waals surface area contributed by atoms with Crippen LogP contribution < -0.4 is 4.74 Å². The summed E-state index contributed by atoms with van der Waals surface area (Å²) < 4.78 is 5.10. The van der Waals surface area contributed by atoms with Crippen LogP contribution in [0.15, 0.2) is 48.5 Å². The highest BCUT2D eigenvalue weighted by Crippen LogP contribution is 2.26. The van der Waals surface area contributed by atoms with Gasteiger partial charge in [0.1, 0.15) is 11.4 Å². The first-order valence-electron chi connectivity index (χ1n) is 7.85. The fraction of sp³-hybridized carbons (Fsp3) is 0.0500. The smallest absolute Gasteiger partial charge is 0.336 e. The lowest BCUT2D eigenvalue weighted by molar-refractivity contribution is 0.0699. The first kappa shape index (κ1) is 17.9. The fourth-order valence-corrected chi connectivity index (χ4v) is 2.54. The Bertz CT molecular complexity index is 1090. The Balaban J connectivity index is 2.00. The summed E-state index contributed by atoms with van der Waals surface area (Å²) in [5.41, 5.74) is 0.764. The number of pyridine rings is 1. The number of hydrogen-bond acceptors (Lipinski definition) is 6. The maximum Gasteiger partial charge on any atom is 0.336 e. The van der Waals surface area contributed by atoms with Gasteiger partial charge in [0.25, 0.3) is 0 Å². The minimum absolute atomic E-state index is 0.0238. The molecule has 3 N–H and O–H groups in total. The zero-order chi connectivity index (χ0) is 19.6. The summed E-state index contributed by atoms with van der Waals surface area (Å²) in [6.07, 6.45) is 2.65. The Kier molecular flexibility index (Phi) is 4.76. The Morgan fingerprint density at radius 3 is 2.48 bits per heavy atom. The van der Waals surface area contributed by atoms with E-state index < -0.39 is 11.8 Å². The van der Waals surface area contributed by atoms with E-state index in [9.17, 15) is 24.9 Å². The molecule has 0 spiro atoms. The largest absolute Gasteiger partial charge is 0.504 e. The number of fused-ring (bicyclic) bond motifs is 1. The number of aromatic carboxylic acids is 1. The van der Waals surface area contributed by atoms with Crippen molar-refractivity contribution in [3.63, 3.8) is 0 Å². The van der Waals surface area contributed by atoms with Crippen LogP contribution in [-0.2, 0) is 0 Å². The van der Waals surface area contributed by atoms with Gasteiger partial charge in [0, 0.05) is 5.39 Å². The third-order valence-electron chi connectivity index (χ3n) is 3.93. The van der Waals surface area contributed by atoms with Crippen molar-refractivity contribution in [2.45, 2.75) is 0 Å². The van der Waals surface area contributed by atoms with Crippen LogP contribution in [0.25, 0.3) is 17.0 Å². The lowest BCUT2D eigenvalue weighted by Gasteiger charge is -2.07. The monoisotopic (exact) mass is 365 g/mol. The zero-order valence-corrected chi connectivity index (χ0v) is 14.2. The number of aromatic hydroxyl groups is 2. The first-order valence-corrected chi connectivity index (χ1v) is 7.85. The predicted octanol–water partition coefficient (Wildman–Crippen LogP) is 3.25. The summed E-state index contributed by atoms with van der Waals surface area (Å²) >= 11 is 0. The van der Waals surface area contributed by atoms with E-state index in [0.717, 1.165) is 0 Å². The quantitative estimate of drug-likeness (QED) is 0.361. The number of aromatic nitrogens is 1. The highest BCUT2D eigenvalue weighted by Gasteiger charge is 2.15. The zero-order valence-electron chi connectivity index (χ0n) is 14.2. The Morgan fingerprint density at radius 2 is 1.81 bits per heavy atom. The molecule has 0 saturated heterocycles. The van der Waals surface area contributed by atoms with E-state index in [1.165, 1.54) is 43.5 Å². The molecular weight excluding hydrogens is 350 g/mol. The SMILES string of the molecule is COc1ccc2nc(C(=O)C=Cc3ccc(O)c(O)c3)cc(C(=O)O)c2c1. The van der Waals surface area contributed by atoms with Gasteiger partial charge in [-0.05, 0) is 48.0 Å². The molecule has 0 saturated carbocycles. The highest BCUT2D eigenvalue weighted by atomic mass is 16.5. The molecule has 0 atom stereocenters.